The van der Waals surface area contributed by atoms with Crippen molar-refractivity contribution in [3.63, 3.8) is 0 Å². The van der Waals surface area contributed by atoms with E-state index in [1.165, 1.54) is 23.6 Å². The maximum absolute atomic E-state index is 15.3. The van der Waals surface area contributed by atoms with E-state index >= 15 is 4.79 Å². The number of rotatable bonds is 20. The minimum Gasteiger partial charge on any atom is -0.394 e. The van der Waals surface area contributed by atoms with Crippen LogP contribution in [0.15, 0.2) is 48.5 Å². The van der Waals surface area contributed by atoms with Crippen molar-refractivity contribution in [2.75, 3.05) is 44.4 Å². The summed E-state index contributed by atoms with van der Waals surface area (Å²) >= 11 is 1.26. The van der Waals surface area contributed by atoms with Crippen molar-refractivity contribution >= 4 is 105 Å². The van der Waals surface area contributed by atoms with Crippen molar-refractivity contribution in [1.82, 2.24) is 52.0 Å². The maximum atomic E-state index is 15.3. The number of carbonyl (C=O) groups excluding carboxylic acids is 13. The molecule has 2 fully saturated rings. The van der Waals surface area contributed by atoms with E-state index in [1.807, 2.05) is 19.1 Å². The number of aliphatic hydroxyl groups excluding tert-OH is 3. The molecule has 27 nitrogen and oxygen atoms in total. The van der Waals surface area contributed by atoms with Gasteiger partial charge in [0.2, 0.25) is 65.0 Å². The van der Waals surface area contributed by atoms with Crippen molar-refractivity contribution < 1.29 is 77.6 Å². The number of fused-ring (bicyclic) bond motifs is 5. The van der Waals surface area contributed by atoms with E-state index in [4.69, 9.17) is 0 Å². The summed E-state index contributed by atoms with van der Waals surface area (Å²) in [6.45, 7) is 9.41. The topological polar surface area (TPSA) is 401 Å². The predicted molar refractivity (Wildman–Crippen MR) is 351 cm³/mol. The average Bonchev–Trinajstić information content (AvgIpc) is 1.77. The van der Waals surface area contributed by atoms with E-state index in [0.29, 0.717) is 39.8 Å². The molecule has 4 aliphatic heterocycles. The standard InChI is InChI=1S/C67H93N11O16S/c1-9-35(4)61-65(92)70-30-57(86)73-46-18-19-48-45(43-12-10-11-13-47(43)72-48)26-49(64(91)69-31-58(87)76-61)74-63(90)44(38(7)53(83)33-79)27-51(81)50-25-42(80)32-78(50)66(93)40(22-36(46)5)24-56(85)68-29-39-14-16-41(17-15-39)71-62(89)37(6)23-52(82)60(34(2)3)75-55(84)20-21-77-59(88)28-54(95-8)67(77)94/h10-17,34-38,40,42,44,46,49-50,53-54,60-61,72,79-80,83H,9,18-33H2,1-8H3,(H,68,85)(H,69,91)(H,70,92)(H,71,89)(H,73,86)(H,74,90)(H,75,84)(H,76,87)/t35-,36?,37+,38+,40-,42+,44-,46-,49?,50-,53-,54?,60?,61-/m0/s1. The first-order valence-corrected chi connectivity index (χ1v) is 34.1. The predicted octanol–water partition coefficient (Wildman–Crippen LogP) is 0.834. The first-order chi connectivity index (χ1) is 45.1. The molecule has 0 aliphatic carbocycles. The number of carbonyl (C=O) groups is 13. The Bertz CT molecular complexity index is 3340. The van der Waals surface area contributed by atoms with Gasteiger partial charge in [-0.1, -0.05) is 85.2 Å². The van der Waals surface area contributed by atoms with Gasteiger partial charge < -0.3 is 67.7 Å². The second-order valence-corrected chi connectivity index (χ2v) is 27.3. The zero-order valence-electron chi connectivity index (χ0n) is 55.3. The SMILES string of the molecule is CC[C@H](C)[C@@H]1NC(=O)CNC(=O)C2Cc3c([nH]c4ccccc34)CC[C@H](NC(=O)CNC1=O)C(C)C[C@@H](CC(=O)NCc1ccc(NC(=O)[C@H](C)CC(=O)C(NC(=O)CCN3C(=O)CC(SC)C3=O)C(C)C)cc1)C(=O)N1C[C@H](O)C[C@H]1C(=O)C[C@@H]([C@@H](C)[C@@H](O)CO)C(=O)N2. The van der Waals surface area contributed by atoms with E-state index in [-0.39, 0.29) is 94.5 Å². The molecule has 518 valence electrons. The molecule has 2 aromatic carbocycles. The summed E-state index contributed by atoms with van der Waals surface area (Å²) in [5, 5.41) is 54.8. The summed E-state index contributed by atoms with van der Waals surface area (Å²) in [6.07, 6.45) is -2.09. The van der Waals surface area contributed by atoms with Gasteiger partial charge in [-0.05, 0) is 78.5 Å². The summed E-state index contributed by atoms with van der Waals surface area (Å²) in [5.41, 5.74) is 2.84. The molecule has 28 heteroatoms. The number of hydrogen-bond donors (Lipinski definition) is 12. The molecule has 2 bridgehead atoms. The molecule has 7 rings (SSSR count). The highest BCUT2D eigenvalue weighted by Gasteiger charge is 2.45. The summed E-state index contributed by atoms with van der Waals surface area (Å²) in [5.74, 6) is -13.7. The monoisotopic (exact) mass is 1340 g/mol. The quantitative estimate of drug-likeness (QED) is 0.0697. The van der Waals surface area contributed by atoms with Gasteiger partial charge in [0.25, 0.3) is 0 Å². The molecule has 4 aliphatic rings. The van der Waals surface area contributed by atoms with Crippen LogP contribution in [0, 0.1) is 41.4 Å². The molecule has 5 heterocycles. The van der Waals surface area contributed by atoms with Gasteiger partial charge >= 0.3 is 0 Å². The molecule has 1 aromatic heterocycles. The number of likely N-dealkylation sites (tertiary alicyclic amines) is 1. The number of nitrogens with zero attached hydrogens (tertiary/aromatic N) is 2. The van der Waals surface area contributed by atoms with Gasteiger partial charge in [-0.15, -0.1) is 0 Å². The highest BCUT2D eigenvalue weighted by molar-refractivity contribution is 8.00. The number of para-hydroxylation sites is 1. The van der Waals surface area contributed by atoms with Crippen LogP contribution in [0.5, 0.6) is 0 Å². The molecule has 0 radical (unpaired) electrons. The van der Waals surface area contributed by atoms with Gasteiger partial charge in [0.05, 0.1) is 49.2 Å². The zero-order valence-corrected chi connectivity index (χ0v) is 56.1. The minimum absolute atomic E-state index is 0.0497. The van der Waals surface area contributed by atoms with Gasteiger partial charge in [-0.25, -0.2) is 0 Å². The number of benzene rings is 2. The van der Waals surface area contributed by atoms with Crippen molar-refractivity contribution in [3.8, 4) is 0 Å². The lowest BCUT2D eigenvalue weighted by Gasteiger charge is -2.33. The number of H-pyrrole nitrogens is 1. The summed E-state index contributed by atoms with van der Waals surface area (Å²) in [4.78, 5) is 186. The van der Waals surface area contributed by atoms with E-state index in [9.17, 15) is 72.9 Å². The highest BCUT2D eigenvalue weighted by Crippen LogP contribution is 2.33. The highest BCUT2D eigenvalue weighted by atomic mass is 32.2. The number of aromatic amines is 1. The number of ketones is 2. The number of aryl methyl sites for hydroxylation is 1. The number of anilines is 1. The van der Waals surface area contributed by atoms with Crippen LogP contribution in [-0.4, -0.2) is 193 Å². The van der Waals surface area contributed by atoms with E-state index in [1.54, 1.807) is 77.3 Å². The fraction of sp³-hybridized carbons (Fsp3) is 0.597. The molecule has 95 heavy (non-hydrogen) atoms. The summed E-state index contributed by atoms with van der Waals surface area (Å²) in [6, 6.07) is 8.14. The first-order valence-electron chi connectivity index (χ1n) is 32.8. The molecule has 14 atom stereocenters. The summed E-state index contributed by atoms with van der Waals surface area (Å²) < 4.78 is 0. The molecule has 11 amide bonds. The maximum Gasteiger partial charge on any atom is 0.243 e. The second kappa shape index (κ2) is 34.0. The molecule has 3 aromatic rings. The number of amides is 11. The van der Waals surface area contributed by atoms with Crippen molar-refractivity contribution in [1.29, 1.82) is 0 Å². The Morgan fingerprint density at radius 2 is 1.48 bits per heavy atom. The smallest absolute Gasteiger partial charge is 0.243 e. The van der Waals surface area contributed by atoms with Gasteiger partial charge in [0.15, 0.2) is 11.6 Å². The fourth-order valence-electron chi connectivity index (χ4n) is 12.9. The van der Waals surface area contributed by atoms with E-state index in [0.717, 1.165) is 4.90 Å². The minimum atomic E-state index is -1.54. The van der Waals surface area contributed by atoms with Gasteiger partial charge in [-0.3, -0.25) is 67.2 Å². The Morgan fingerprint density at radius 3 is 2.15 bits per heavy atom. The largest absolute Gasteiger partial charge is 0.394 e. The van der Waals surface area contributed by atoms with Crippen LogP contribution in [0.1, 0.15) is 123 Å². The van der Waals surface area contributed by atoms with E-state index < -0.39 is 175 Å². The van der Waals surface area contributed by atoms with Crippen LogP contribution in [0.4, 0.5) is 5.69 Å². The summed E-state index contributed by atoms with van der Waals surface area (Å²) in [7, 11) is 0. The van der Waals surface area contributed by atoms with Gasteiger partial charge in [0, 0.05) is 111 Å². The molecular formula is C67H93N11O16S. The van der Waals surface area contributed by atoms with Crippen LogP contribution in [0.25, 0.3) is 10.9 Å². The lowest BCUT2D eigenvalue weighted by atomic mass is 9.82. The van der Waals surface area contributed by atoms with Crippen LogP contribution in [0.3, 0.4) is 0 Å². The lowest BCUT2D eigenvalue weighted by Crippen LogP contribution is -2.56. The third-order valence-corrected chi connectivity index (χ3v) is 19.9. The van der Waals surface area contributed by atoms with E-state index in [2.05, 4.69) is 47.5 Å². The molecule has 4 unspecified atom stereocenters. The molecular weight excluding hydrogens is 1250 g/mol. The van der Waals surface area contributed by atoms with Gasteiger partial charge in [-0.2, -0.15) is 11.8 Å². The number of aliphatic hydroxyl groups is 3. The fourth-order valence-corrected chi connectivity index (χ4v) is 13.5. The number of nitrogens with one attached hydrogen (secondary N) is 9. The third-order valence-electron chi connectivity index (χ3n) is 18.9. The Labute approximate surface area is 556 Å². The van der Waals surface area contributed by atoms with Gasteiger partial charge in [0.1, 0.15) is 12.1 Å². The number of aromatic nitrogens is 1. The number of imide groups is 1. The van der Waals surface area contributed by atoms with Crippen LogP contribution in [-0.2, 0) is 81.7 Å². The lowest BCUT2D eigenvalue weighted by molar-refractivity contribution is -0.144. The molecule has 0 saturated carbocycles. The Morgan fingerprint density at radius 1 is 0.800 bits per heavy atom. The van der Waals surface area contributed by atoms with Crippen LogP contribution >= 0.6 is 11.8 Å². The van der Waals surface area contributed by atoms with Crippen LogP contribution < -0.4 is 42.5 Å². The van der Waals surface area contributed by atoms with Crippen molar-refractivity contribution in [2.45, 2.75) is 173 Å². The Kier molecular flexibility index (Phi) is 26.6. The van der Waals surface area contributed by atoms with Crippen molar-refractivity contribution in [3.05, 3.63) is 65.4 Å². The first kappa shape index (κ1) is 74.3. The average molecular weight is 1340 g/mol. The zero-order chi connectivity index (χ0) is 69.5. The second-order valence-electron chi connectivity index (χ2n) is 26.3. The Hall–Kier alpha value is -8.08. The Balaban J connectivity index is 1.13. The number of hydrogen-bond acceptors (Lipinski definition) is 17. The molecule has 0 spiro atoms. The third kappa shape index (κ3) is 19.6. The number of thioether (sulfide) groups is 1. The normalized spacial score (nSPS) is 25.4. The van der Waals surface area contributed by atoms with Crippen molar-refractivity contribution in [2.24, 2.45) is 41.4 Å². The molecule has 12 N–H and O–H groups in total. The molecule has 2 saturated heterocycles. The number of Topliss-reactive ketones (excluding diaryl/α,β-unsaturated/α-hetero) is 2. The van der Waals surface area contributed by atoms with Crippen LogP contribution in [0.2, 0.25) is 0 Å².